The number of unbranched alkanes of at least 4 members (excludes halogenated alkanes) is 1. The summed E-state index contributed by atoms with van der Waals surface area (Å²) in [6.45, 7) is -0.0818. The highest BCUT2D eigenvalue weighted by atomic mass is 32.2. The van der Waals surface area contributed by atoms with Gasteiger partial charge in [0.2, 0.25) is 17.7 Å². The standard InChI is InChI=1S/C17H31N5O7S/c1-30-7-5-11(17(28)29)22-15(26)10(4-2-3-6-18)21-16(27)12(8-14(24)25)20-13(23)9-19/h10-12H,2-9,18-19H2,1H3,(H,20,23)(H,21,27)(H,22,26)(H,24,25)(H,28,29). The molecule has 0 saturated carbocycles. The van der Waals surface area contributed by atoms with Crippen molar-refractivity contribution in [1.29, 1.82) is 0 Å². The van der Waals surface area contributed by atoms with E-state index in [2.05, 4.69) is 16.0 Å². The van der Waals surface area contributed by atoms with Gasteiger partial charge in [0.15, 0.2) is 0 Å². The molecule has 13 heteroatoms. The summed E-state index contributed by atoms with van der Waals surface area (Å²) in [5.74, 6) is -4.37. The number of carbonyl (C=O) groups is 5. The lowest BCUT2D eigenvalue weighted by Gasteiger charge is -2.24. The third kappa shape index (κ3) is 11.6. The van der Waals surface area contributed by atoms with Crippen LogP contribution in [0.15, 0.2) is 0 Å². The van der Waals surface area contributed by atoms with E-state index in [1.165, 1.54) is 11.8 Å². The van der Waals surface area contributed by atoms with Crippen LogP contribution < -0.4 is 27.4 Å². The monoisotopic (exact) mass is 449 g/mol. The first-order chi connectivity index (χ1) is 14.2. The van der Waals surface area contributed by atoms with E-state index in [4.69, 9.17) is 16.6 Å². The Bertz CT molecular complexity index is 605. The van der Waals surface area contributed by atoms with E-state index in [0.29, 0.717) is 25.1 Å². The van der Waals surface area contributed by atoms with Crippen molar-refractivity contribution in [1.82, 2.24) is 16.0 Å². The summed E-state index contributed by atoms with van der Waals surface area (Å²) in [5, 5.41) is 25.2. The third-order valence-electron chi connectivity index (χ3n) is 4.02. The summed E-state index contributed by atoms with van der Waals surface area (Å²) >= 11 is 1.42. The van der Waals surface area contributed by atoms with Crippen molar-refractivity contribution in [2.45, 2.75) is 50.2 Å². The molecule has 0 saturated heterocycles. The molecule has 0 fully saturated rings. The second kappa shape index (κ2) is 15.5. The molecule has 9 N–H and O–H groups in total. The van der Waals surface area contributed by atoms with Gasteiger partial charge in [0.1, 0.15) is 18.1 Å². The molecule has 172 valence electrons. The molecule has 3 atom stereocenters. The molecule has 3 unspecified atom stereocenters. The maximum absolute atomic E-state index is 12.6. The van der Waals surface area contributed by atoms with Crippen LogP contribution in [0.4, 0.5) is 0 Å². The molecule has 0 radical (unpaired) electrons. The number of nitrogens with two attached hydrogens (primary N) is 2. The molecule has 0 heterocycles. The van der Waals surface area contributed by atoms with Crippen LogP contribution in [-0.4, -0.2) is 83.1 Å². The number of carboxylic acids is 2. The van der Waals surface area contributed by atoms with Gasteiger partial charge in [-0.1, -0.05) is 0 Å². The van der Waals surface area contributed by atoms with Gasteiger partial charge in [-0.3, -0.25) is 19.2 Å². The minimum absolute atomic E-state index is 0.161. The SMILES string of the molecule is CSCCC(NC(=O)C(CCCCN)NC(=O)C(CC(=O)O)NC(=O)CN)C(=O)O. The highest BCUT2D eigenvalue weighted by molar-refractivity contribution is 7.98. The van der Waals surface area contributed by atoms with Crippen LogP contribution in [0.1, 0.15) is 32.1 Å². The Balaban J connectivity index is 5.32. The van der Waals surface area contributed by atoms with Crippen molar-refractivity contribution >= 4 is 41.4 Å². The molecule has 0 spiro atoms. The number of hydrogen-bond acceptors (Lipinski definition) is 8. The molecular formula is C17H31N5O7S. The summed E-state index contributed by atoms with van der Waals surface area (Å²) in [7, 11) is 0. The Morgan fingerprint density at radius 1 is 0.867 bits per heavy atom. The van der Waals surface area contributed by atoms with Crippen LogP contribution in [0, 0.1) is 0 Å². The van der Waals surface area contributed by atoms with E-state index in [9.17, 15) is 29.1 Å². The summed E-state index contributed by atoms with van der Waals surface area (Å²) < 4.78 is 0. The average Bonchev–Trinajstić information content (AvgIpc) is 2.68. The number of carboxylic acid groups (broad SMARTS) is 2. The van der Waals surface area contributed by atoms with Gasteiger partial charge in [-0.2, -0.15) is 11.8 Å². The van der Waals surface area contributed by atoms with Crippen molar-refractivity contribution < 1.29 is 34.2 Å². The smallest absolute Gasteiger partial charge is 0.326 e. The molecular weight excluding hydrogens is 418 g/mol. The zero-order chi connectivity index (χ0) is 23.1. The summed E-state index contributed by atoms with van der Waals surface area (Å²) in [6, 6.07) is -3.69. The second-order valence-corrected chi connectivity index (χ2v) is 7.43. The number of nitrogens with one attached hydrogen (secondary N) is 3. The Morgan fingerprint density at radius 3 is 1.97 bits per heavy atom. The number of rotatable bonds is 16. The fourth-order valence-corrected chi connectivity index (χ4v) is 2.91. The summed E-state index contributed by atoms with van der Waals surface area (Å²) in [4.78, 5) is 59.0. The van der Waals surface area contributed by atoms with Gasteiger partial charge in [0.05, 0.1) is 13.0 Å². The molecule has 0 aromatic rings. The average molecular weight is 450 g/mol. The number of hydrogen-bond donors (Lipinski definition) is 7. The van der Waals surface area contributed by atoms with Gasteiger partial charge in [-0.05, 0) is 44.2 Å². The second-order valence-electron chi connectivity index (χ2n) is 6.45. The lowest BCUT2D eigenvalue weighted by Crippen LogP contribution is -2.56. The minimum Gasteiger partial charge on any atom is -0.481 e. The zero-order valence-electron chi connectivity index (χ0n) is 16.9. The molecule has 0 rings (SSSR count). The lowest BCUT2D eigenvalue weighted by atomic mass is 10.1. The van der Waals surface area contributed by atoms with Crippen molar-refractivity contribution in [3.63, 3.8) is 0 Å². The van der Waals surface area contributed by atoms with Gasteiger partial charge >= 0.3 is 11.9 Å². The van der Waals surface area contributed by atoms with Crippen molar-refractivity contribution in [3.05, 3.63) is 0 Å². The van der Waals surface area contributed by atoms with Crippen molar-refractivity contribution in [3.8, 4) is 0 Å². The maximum atomic E-state index is 12.6. The van der Waals surface area contributed by atoms with Gasteiger partial charge in [0, 0.05) is 0 Å². The molecule has 0 aliphatic heterocycles. The van der Waals surface area contributed by atoms with Crippen LogP contribution in [0.3, 0.4) is 0 Å². The van der Waals surface area contributed by atoms with Gasteiger partial charge in [0.25, 0.3) is 0 Å². The van der Waals surface area contributed by atoms with Crippen LogP contribution in [0.25, 0.3) is 0 Å². The molecule has 0 aliphatic rings. The summed E-state index contributed by atoms with van der Waals surface area (Å²) in [6.07, 6.45) is 2.48. The van der Waals surface area contributed by atoms with Gasteiger partial charge < -0.3 is 37.6 Å². The van der Waals surface area contributed by atoms with E-state index in [0.717, 1.165) is 0 Å². The van der Waals surface area contributed by atoms with Gasteiger partial charge in [-0.25, -0.2) is 4.79 Å². The van der Waals surface area contributed by atoms with E-state index in [1.807, 2.05) is 0 Å². The maximum Gasteiger partial charge on any atom is 0.326 e. The van der Waals surface area contributed by atoms with Crippen molar-refractivity contribution in [2.24, 2.45) is 11.5 Å². The molecule has 30 heavy (non-hydrogen) atoms. The highest BCUT2D eigenvalue weighted by Crippen LogP contribution is 2.06. The fourth-order valence-electron chi connectivity index (χ4n) is 2.44. The fraction of sp³-hybridized carbons (Fsp3) is 0.706. The molecule has 0 bridgehead atoms. The minimum atomic E-state index is -1.44. The van der Waals surface area contributed by atoms with E-state index in [-0.39, 0.29) is 12.8 Å². The Hall–Kier alpha value is -2.38. The number of aliphatic carboxylic acids is 2. The predicted octanol–water partition coefficient (Wildman–Crippen LogP) is -2.16. The lowest BCUT2D eigenvalue weighted by molar-refractivity contribution is -0.143. The van der Waals surface area contributed by atoms with Crippen LogP contribution >= 0.6 is 11.8 Å². The topological polar surface area (TPSA) is 214 Å². The highest BCUT2D eigenvalue weighted by Gasteiger charge is 2.30. The first kappa shape index (κ1) is 27.6. The number of amides is 3. The Kier molecular flexibility index (Phi) is 14.2. The normalized spacial score (nSPS) is 13.6. The molecule has 0 aromatic heterocycles. The first-order valence-corrected chi connectivity index (χ1v) is 10.8. The van der Waals surface area contributed by atoms with E-state index >= 15 is 0 Å². The Morgan fingerprint density at radius 2 is 1.47 bits per heavy atom. The summed E-state index contributed by atoms with van der Waals surface area (Å²) in [5.41, 5.74) is 10.6. The van der Waals surface area contributed by atoms with E-state index in [1.54, 1.807) is 6.26 Å². The Labute approximate surface area is 178 Å². The van der Waals surface area contributed by atoms with Crippen LogP contribution in [0.2, 0.25) is 0 Å². The van der Waals surface area contributed by atoms with Crippen LogP contribution in [-0.2, 0) is 24.0 Å². The molecule has 12 nitrogen and oxygen atoms in total. The largest absolute Gasteiger partial charge is 0.481 e. The third-order valence-corrected chi connectivity index (χ3v) is 4.66. The zero-order valence-corrected chi connectivity index (χ0v) is 17.7. The molecule has 0 aliphatic carbocycles. The predicted molar refractivity (Wildman–Crippen MR) is 111 cm³/mol. The quantitative estimate of drug-likeness (QED) is 0.127. The van der Waals surface area contributed by atoms with Crippen LogP contribution in [0.5, 0.6) is 0 Å². The van der Waals surface area contributed by atoms with E-state index < -0.39 is 60.8 Å². The molecule has 0 aromatic carbocycles. The number of carbonyl (C=O) groups excluding carboxylic acids is 3. The number of thioether (sulfide) groups is 1. The first-order valence-electron chi connectivity index (χ1n) is 9.40. The van der Waals surface area contributed by atoms with Crippen molar-refractivity contribution in [2.75, 3.05) is 25.1 Å². The van der Waals surface area contributed by atoms with Gasteiger partial charge in [-0.15, -0.1) is 0 Å². The molecule has 3 amide bonds.